The van der Waals surface area contributed by atoms with Gasteiger partial charge in [-0.3, -0.25) is 0 Å². The maximum Gasteiger partial charge on any atom is 0.358 e. The van der Waals surface area contributed by atoms with Gasteiger partial charge >= 0.3 is 5.97 Å². The molecule has 1 fully saturated rings. The smallest absolute Gasteiger partial charge is 0.358 e. The molecule has 1 aromatic carbocycles. The van der Waals surface area contributed by atoms with Crippen LogP contribution in [0.3, 0.4) is 0 Å². The standard InChI is InChI=1S/C15H16FN3O2/c16-11-7-4-8-12(9-11)19-14(10-5-2-1-3-6-10)13(15(20)21)17-18-19/h4,7-10H,1-3,5-6H2,(H,20,21). The first-order valence-electron chi connectivity index (χ1n) is 7.11. The molecule has 0 spiro atoms. The predicted molar refractivity (Wildman–Crippen MR) is 74.1 cm³/mol. The van der Waals surface area contributed by atoms with Gasteiger partial charge in [-0.05, 0) is 31.0 Å². The third kappa shape index (κ3) is 2.66. The van der Waals surface area contributed by atoms with Gasteiger partial charge in [-0.15, -0.1) is 5.10 Å². The van der Waals surface area contributed by atoms with Gasteiger partial charge in [-0.2, -0.15) is 0 Å². The zero-order valence-electron chi connectivity index (χ0n) is 11.5. The highest BCUT2D eigenvalue weighted by molar-refractivity contribution is 5.86. The molecule has 5 nitrogen and oxygen atoms in total. The molecule has 0 unspecified atom stereocenters. The zero-order chi connectivity index (χ0) is 14.8. The Morgan fingerprint density at radius 3 is 2.71 bits per heavy atom. The first-order valence-corrected chi connectivity index (χ1v) is 7.11. The normalized spacial score (nSPS) is 16.0. The fourth-order valence-corrected chi connectivity index (χ4v) is 2.98. The van der Waals surface area contributed by atoms with Crippen molar-refractivity contribution in [1.82, 2.24) is 15.0 Å². The van der Waals surface area contributed by atoms with E-state index in [4.69, 9.17) is 0 Å². The number of carbonyl (C=O) groups is 1. The Bertz CT molecular complexity index is 663. The van der Waals surface area contributed by atoms with Gasteiger partial charge < -0.3 is 5.11 Å². The van der Waals surface area contributed by atoms with Crippen LogP contribution in [0.2, 0.25) is 0 Å². The minimum Gasteiger partial charge on any atom is -0.476 e. The summed E-state index contributed by atoms with van der Waals surface area (Å²) in [4.78, 5) is 11.4. The van der Waals surface area contributed by atoms with Crippen molar-refractivity contribution in [2.75, 3.05) is 0 Å². The average Bonchev–Trinajstić information content (AvgIpc) is 2.93. The van der Waals surface area contributed by atoms with E-state index in [2.05, 4.69) is 10.3 Å². The molecular weight excluding hydrogens is 273 g/mol. The largest absolute Gasteiger partial charge is 0.476 e. The van der Waals surface area contributed by atoms with Gasteiger partial charge in [0.2, 0.25) is 0 Å². The zero-order valence-corrected chi connectivity index (χ0v) is 11.5. The molecule has 0 atom stereocenters. The van der Waals surface area contributed by atoms with Crippen molar-refractivity contribution in [3.63, 3.8) is 0 Å². The molecule has 0 bridgehead atoms. The van der Waals surface area contributed by atoms with Crippen molar-refractivity contribution in [3.05, 3.63) is 41.5 Å². The fraction of sp³-hybridized carbons (Fsp3) is 0.400. The summed E-state index contributed by atoms with van der Waals surface area (Å²) in [6.07, 6.45) is 5.14. The average molecular weight is 289 g/mol. The first-order chi connectivity index (χ1) is 10.2. The molecule has 1 aliphatic rings. The lowest BCUT2D eigenvalue weighted by atomic mass is 9.86. The van der Waals surface area contributed by atoms with Crippen molar-refractivity contribution < 1.29 is 14.3 Å². The number of hydrogen-bond donors (Lipinski definition) is 1. The lowest BCUT2D eigenvalue weighted by molar-refractivity contribution is 0.0688. The molecule has 1 N–H and O–H groups in total. The molecule has 1 aromatic heterocycles. The van der Waals surface area contributed by atoms with Crippen LogP contribution in [-0.2, 0) is 0 Å². The molecule has 1 saturated carbocycles. The van der Waals surface area contributed by atoms with Gasteiger partial charge in [0.1, 0.15) is 5.82 Å². The van der Waals surface area contributed by atoms with Crippen LogP contribution < -0.4 is 0 Å². The Hall–Kier alpha value is -2.24. The number of aromatic carboxylic acids is 1. The molecule has 0 saturated heterocycles. The van der Waals surface area contributed by atoms with Crippen LogP contribution in [0.15, 0.2) is 24.3 Å². The van der Waals surface area contributed by atoms with Crippen LogP contribution in [0.5, 0.6) is 0 Å². The van der Waals surface area contributed by atoms with Crippen molar-refractivity contribution in [2.24, 2.45) is 0 Å². The first kappa shape index (κ1) is 13.7. The Morgan fingerprint density at radius 1 is 1.29 bits per heavy atom. The highest BCUT2D eigenvalue weighted by atomic mass is 19.1. The number of nitrogens with zero attached hydrogens (tertiary/aromatic N) is 3. The Labute approximate surface area is 121 Å². The van der Waals surface area contributed by atoms with E-state index in [9.17, 15) is 14.3 Å². The van der Waals surface area contributed by atoms with Gasteiger partial charge in [0.25, 0.3) is 0 Å². The molecule has 21 heavy (non-hydrogen) atoms. The Kier molecular flexibility index (Phi) is 3.68. The van der Waals surface area contributed by atoms with Crippen molar-refractivity contribution in [1.29, 1.82) is 0 Å². The molecule has 6 heteroatoms. The Morgan fingerprint density at radius 2 is 2.05 bits per heavy atom. The molecule has 3 rings (SSSR count). The number of carboxylic acid groups (broad SMARTS) is 1. The van der Waals surface area contributed by atoms with Crippen LogP contribution >= 0.6 is 0 Å². The maximum atomic E-state index is 13.4. The summed E-state index contributed by atoms with van der Waals surface area (Å²) in [5.74, 6) is -1.35. The van der Waals surface area contributed by atoms with E-state index < -0.39 is 5.97 Å². The molecule has 110 valence electrons. The van der Waals surface area contributed by atoms with Crippen molar-refractivity contribution in [2.45, 2.75) is 38.0 Å². The summed E-state index contributed by atoms with van der Waals surface area (Å²) in [6, 6.07) is 5.97. The predicted octanol–water partition coefficient (Wildman–Crippen LogP) is 3.15. The van der Waals surface area contributed by atoms with Crippen LogP contribution in [0.25, 0.3) is 5.69 Å². The molecule has 0 radical (unpaired) electrons. The molecule has 1 heterocycles. The third-order valence-corrected chi connectivity index (χ3v) is 3.95. The van der Waals surface area contributed by atoms with Crippen molar-refractivity contribution in [3.8, 4) is 5.69 Å². The van der Waals surface area contributed by atoms with Crippen LogP contribution in [0.1, 0.15) is 54.2 Å². The summed E-state index contributed by atoms with van der Waals surface area (Å²) in [5, 5.41) is 17.1. The SMILES string of the molecule is O=C(O)c1nnn(-c2cccc(F)c2)c1C1CCCCC1. The highest BCUT2D eigenvalue weighted by Gasteiger charge is 2.28. The van der Waals surface area contributed by atoms with Crippen LogP contribution in [-0.4, -0.2) is 26.1 Å². The number of hydrogen-bond acceptors (Lipinski definition) is 3. The molecule has 2 aromatic rings. The van der Waals surface area contributed by atoms with Crippen molar-refractivity contribution >= 4 is 5.97 Å². The second kappa shape index (κ2) is 5.63. The van der Waals surface area contributed by atoms with E-state index in [1.165, 1.54) is 23.2 Å². The minimum absolute atomic E-state index is 0.0221. The lowest BCUT2D eigenvalue weighted by Gasteiger charge is -2.22. The van der Waals surface area contributed by atoms with Crippen LogP contribution in [0, 0.1) is 5.82 Å². The molecular formula is C15H16FN3O2. The number of rotatable bonds is 3. The summed E-state index contributed by atoms with van der Waals surface area (Å²) < 4.78 is 14.9. The van der Waals surface area contributed by atoms with E-state index >= 15 is 0 Å². The fourth-order valence-electron chi connectivity index (χ4n) is 2.98. The number of halogens is 1. The maximum absolute atomic E-state index is 13.4. The quantitative estimate of drug-likeness (QED) is 0.942. The monoisotopic (exact) mass is 289 g/mol. The second-order valence-electron chi connectivity index (χ2n) is 5.36. The van der Waals surface area contributed by atoms with E-state index in [0.29, 0.717) is 11.4 Å². The van der Waals surface area contributed by atoms with Gasteiger partial charge in [0, 0.05) is 5.92 Å². The summed E-state index contributed by atoms with van der Waals surface area (Å²) in [6.45, 7) is 0. The molecule has 0 aliphatic heterocycles. The van der Waals surface area contributed by atoms with E-state index in [1.54, 1.807) is 12.1 Å². The lowest BCUT2D eigenvalue weighted by Crippen LogP contribution is -2.14. The number of benzene rings is 1. The van der Waals surface area contributed by atoms with E-state index in [-0.39, 0.29) is 17.4 Å². The van der Waals surface area contributed by atoms with Gasteiger partial charge in [0.15, 0.2) is 5.69 Å². The van der Waals surface area contributed by atoms with E-state index in [0.717, 1.165) is 25.7 Å². The summed E-state index contributed by atoms with van der Waals surface area (Å²) in [5.41, 5.74) is 1.08. The van der Waals surface area contributed by atoms with E-state index in [1.807, 2.05) is 0 Å². The molecule has 0 amide bonds. The summed E-state index contributed by atoms with van der Waals surface area (Å²) in [7, 11) is 0. The van der Waals surface area contributed by atoms with Gasteiger partial charge in [-0.1, -0.05) is 30.5 Å². The molecule has 1 aliphatic carbocycles. The number of aromatic nitrogens is 3. The van der Waals surface area contributed by atoms with Gasteiger partial charge in [0.05, 0.1) is 11.4 Å². The topological polar surface area (TPSA) is 68.0 Å². The minimum atomic E-state index is -1.08. The summed E-state index contributed by atoms with van der Waals surface area (Å²) >= 11 is 0. The Balaban J connectivity index is 2.10. The number of carboxylic acids is 1. The second-order valence-corrected chi connectivity index (χ2v) is 5.36. The third-order valence-electron chi connectivity index (χ3n) is 3.95. The highest BCUT2D eigenvalue weighted by Crippen LogP contribution is 2.34. The van der Waals surface area contributed by atoms with Gasteiger partial charge in [-0.25, -0.2) is 13.9 Å². The van der Waals surface area contributed by atoms with Crippen LogP contribution in [0.4, 0.5) is 4.39 Å².